The Morgan fingerprint density at radius 2 is 1.40 bits per heavy atom. The van der Waals surface area contributed by atoms with Gasteiger partial charge >= 0.3 is 0 Å². The van der Waals surface area contributed by atoms with Crippen LogP contribution >= 0.6 is 34.8 Å². The standard InChI is InChI=1S/C23H17Cl3N2O2/c24-23(25,26)22-27-20-12-5-4-11-19(20)21(28-22)30-15-17-9-6-10-18(13-17)29-14-16-7-2-1-3-8-16/h1-13H,14-15H2. The molecule has 7 heteroatoms. The molecule has 1 heterocycles. The molecule has 0 spiro atoms. The van der Waals surface area contributed by atoms with Gasteiger partial charge in [0.2, 0.25) is 9.67 Å². The predicted octanol–water partition coefficient (Wildman–Crippen LogP) is 6.61. The second-order valence-corrected chi connectivity index (χ2v) is 8.86. The summed E-state index contributed by atoms with van der Waals surface area (Å²) in [6.45, 7) is 0.775. The van der Waals surface area contributed by atoms with Crippen molar-refractivity contribution in [3.63, 3.8) is 0 Å². The molecular weight excluding hydrogens is 443 g/mol. The lowest BCUT2D eigenvalue weighted by molar-refractivity contribution is 0.290. The Balaban J connectivity index is 1.51. The van der Waals surface area contributed by atoms with Crippen LogP contribution in [0.15, 0.2) is 78.9 Å². The van der Waals surface area contributed by atoms with Crippen LogP contribution in [0.2, 0.25) is 0 Å². The van der Waals surface area contributed by atoms with Crippen LogP contribution in [0.5, 0.6) is 11.6 Å². The molecule has 0 bridgehead atoms. The molecule has 0 aliphatic rings. The van der Waals surface area contributed by atoms with E-state index < -0.39 is 3.79 Å². The van der Waals surface area contributed by atoms with Gasteiger partial charge in [0.1, 0.15) is 19.0 Å². The largest absolute Gasteiger partial charge is 0.489 e. The van der Waals surface area contributed by atoms with Crippen LogP contribution in [0.4, 0.5) is 0 Å². The van der Waals surface area contributed by atoms with E-state index in [9.17, 15) is 0 Å². The maximum atomic E-state index is 5.99. The van der Waals surface area contributed by atoms with Gasteiger partial charge in [0.05, 0.1) is 10.9 Å². The van der Waals surface area contributed by atoms with Crippen LogP contribution in [0.1, 0.15) is 17.0 Å². The number of halogens is 3. The number of hydrogen-bond acceptors (Lipinski definition) is 4. The van der Waals surface area contributed by atoms with Gasteiger partial charge in [-0.25, -0.2) is 4.98 Å². The maximum absolute atomic E-state index is 5.99. The van der Waals surface area contributed by atoms with Crippen molar-refractivity contribution < 1.29 is 9.47 Å². The molecule has 0 saturated carbocycles. The second kappa shape index (κ2) is 9.09. The molecule has 0 fully saturated rings. The Morgan fingerprint density at radius 1 is 0.700 bits per heavy atom. The van der Waals surface area contributed by atoms with E-state index in [-0.39, 0.29) is 12.4 Å². The zero-order chi connectivity index (χ0) is 21.0. The summed E-state index contributed by atoms with van der Waals surface area (Å²) in [5.74, 6) is 1.19. The van der Waals surface area contributed by atoms with Crippen molar-refractivity contribution in [2.45, 2.75) is 17.0 Å². The van der Waals surface area contributed by atoms with Gasteiger partial charge in [0.15, 0.2) is 5.82 Å². The minimum atomic E-state index is -1.74. The van der Waals surface area contributed by atoms with Crippen LogP contribution in [-0.2, 0) is 17.0 Å². The molecular formula is C23H17Cl3N2O2. The highest BCUT2D eigenvalue weighted by Crippen LogP contribution is 2.38. The van der Waals surface area contributed by atoms with Crippen LogP contribution in [-0.4, -0.2) is 9.97 Å². The molecule has 1 aromatic heterocycles. The van der Waals surface area contributed by atoms with E-state index >= 15 is 0 Å². The van der Waals surface area contributed by atoms with Gasteiger partial charge in [-0.2, -0.15) is 4.98 Å². The second-order valence-electron chi connectivity index (χ2n) is 6.58. The number of nitrogens with zero attached hydrogens (tertiary/aromatic N) is 2. The van der Waals surface area contributed by atoms with E-state index in [1.54, 1.807) is 0 Å². The maximum Gasteiger partial charge on any atom is 0.250 e. The summed E-state index contributed by atoms with van der Waals surface area (Å²) in [6, 6.07) is 25.1. The normalized spacial score (nSPS) is 11.4. The monoisotopic (exact) mass is 458 g/mol. The Bertz CT molecular complexity index is 1150. The third kappa shape index (κ3) is 5.14. The quantitative estimate of drug-likeness (QED) is 0.304. The molecule has 152 valence electrons. The summed E-state index contributed by atoms with van der Waals surface area (Å²) in [5, 5.41) is 0.743. The predicted molar refractivity (Wildman–Crippen MR) is 120 cm³/mol. The van der Waals surface area contributed by atoms with E-state index in [1.165, 1.54) is 0 Å². The molecule has 0 radical (unpaired) electrons. The topological polar surface area (TPSA) is 44.2 Å². The van der Waals surface area contributed by atoms with Gasteiger partial charge in [-0.3, -0.25) is 0 Å². The number of aromatic nitrogens is 2. The number of rotatable bonds is 6. The Labute approximate surface area is 189 Å². The van der Waals surface area contributed by atoms with Crippen LogP contribution in [0, 0.1) is 0 Å². The summed E-state index contributed by atoms with van der Waals surface area (Å²) in [4.78, 5) is 8.65. The zero-order valence-electron chi connectivity index (χ0n) is 15.8. The molecule has 0 saturated heterocycles. The SMILES string of the molecule is ClC(Cl)(Cl)c1nc(OCc2cccc(OCc3ccccc3)c2)c2ccccc2n1. The van der Waals surface area contributed by atoms with E-state index in [0.717, 1.165) is 22.3 Å². The minimum Gasteiger partial charge on any atom is -0.489 e. The summed E-state index contributed by atoms with van der Waals surface area (Å²) < 4.78 is 10.1. The van der Waals surface area contributed by atoms with Crippen LogP contribution < -0.4 is 9.47 Å². The van der Waals surface area contributed by atoms with Gasteiger partial charge in [-0.1, -0.05) is 89.4 Å². The fourth-order valence-electron chi connectivity index (χ4n) is 2.90. The number of ether oxygens (including phenoxy) is 2. The molecule has 0 N–H and O–H groups in total. The average Bonchev–Trinajstić information content (AvgIpc) is 2.76. The van der Waals surface area contributed by atoms with Gasteiger partial charge in [-0.05, 0) is 35.4 Å². The van der Waals surface area contributed by atoms with E-state index in [4.69, 9.17) is 44.3 Å². The third-order valence-corrected chi connectivity index (χ3v) is 4.85. The molecule has 4 aromatic rings. The first-order valence-corrected chi connectivity index (χ1v) is 10.3. The molecule has 4 nitrogen and oxygen atoms in total. The van der Waals surface area contributed by atoms with E-state index in [0.29, 0.717) is 18.0 Å². The van der Waals surface area contributed by atoms with Crippen molar-refractivity contribution in [1.82, 2.24) is 9.97 Å². The first-order valence-electron chi connectivity index (χ1n) is 9.21. The summed E-state index contributed by atoms with van der Waals surface area (Å²) in [5.41, 5.74) is 2.67. The molecule has 4 rings (SSSR count). The van der Waals surface area contributed by atoms with Crippen molar-refractivity contribution >= 4 is 45.7 Å². The Kier molecular flexibility index (Phi) is 6.28. The lowest BCUT2D eigenvalue weighted by atomic mass is 10.2. The van der Waals surface area contributed by atoms with Crippen molar-refractivity contribution in [3.05, 3.63) is 95.8 Å². The highest BCUT2D eigenvalue weighted by molar-refractivity contribution is 6.66. The highest BCUT2D eigenvalue weighted by Gasteiger charge is 2.28. The molecule has 0 aliphatic heterocycles. The van der Waals surface area contributed by atoms with Crippen molar-refractivity contribution in [2.75, 3.05) is 0 Å². The lowest BCUT2D eigenvalue weighted by Gasteiger charge is -2.14. The highest BCUT2D eigenvalue weighted by atomic mass is 35.6. The lowest BCUT2D eigenvalue weighted by Crippen LogP contribution is -2.09. The van der Waals surface area contributed by atoms with Gasteiger partial charge in [0.25, 0.3) is 0 Å². The summed E-state index contributed by atoms with van der Waals surface area (Å²) in [7, 11) is 0. The molecule has 3 aromatic carbocycles. The number of benzene rings is 3. The summed E-state index contributed by atoms with van der Waals surface area (Å²) in [6.07, 6.45) is 0. The van der Waals surface area contributed by atoms with Gasteiger partial charge in [0, 0.05) is 0 Å². The van der Waals surface area contributed by atoms with Crippen molar-refractivity contribution in [2.24, 2.45) is 0 Å². The molecule has 0 aliphatic carbocycles. The van der Waals surface area contributed by atoms with Gasteiger partial charge < -0.3 is 9.47 Å². The smallest absolute Gasteiger partial charge is 0.250 e. The first-order chi connectivity index (χ1) is 14.5. The van der Waals surface area contributed by atoms with E-state index in [1.807, 2.05) is 78.9 Å². The number of para-hydroxylation sites is 1. The van der Waals surface area contributed by atoms with Crippen molar-refractivity contribution in [3.8, 4) is 11.6 Å². The Hall–Kier alpha value is -2.53. The average molecular weight is 460 g/mol. The molecule has 0 amide bonds. The minimum absolute atomic E-state index is 0.0705. The molecule has 30 heavy (non-hydrogen) atoms. The number of fused-ring (bicyclic) bond motifs is 1. The third-order valence-electron chi connectivity index (χ3n) is 4.34. The Morgan fingerprint density at radius 3 is 2.20 bits per heavy atom. The fraction of sp³-hybridized carbons (Fsp3) is 0.130. The van der Waals surface area contributed by atoms with Crippen molar-refractivity contribution in [1.29, 1.82) is 0 Å². The van der Waals surface area contributed by atoms with Gasteiger partial charge in [-0.15, -0.1) is 0 Å². The number of alkyl halides is 3. The fourth-order valence-corrected chi connectivity index (χ4v) is 3.16. The van der Waals surface area contributed by atoms with E-state index in [2.05, 4.69) is 9.97 Å². The number of hydrogen-bond donors (Lipinski definition) is 0. The molecule has 0 atom stereocenters. The molecule has 0 unspecified atom stereocenters. The van der Waals surface area contributed by atoms with Crippen LogP contribution in [0.3, 0.4) is 0 Å². The summed E-state index contributed by atoms with van der Waals surface area (Å²) >= 11 is 18.0. The van der Waals surface area contributed by atoms with Crippen LogP contribution in [0.25, 0.3) is 10.9 Å². The first kappa shape index (κ1) is 20.7. The zero-order valence-corrected chi connectivity index (χ0v) is 18.0.